The van der Waals surface area contributed by atoms with E-state index in [9.17, 15) is 19.2 Å². The van der Waals surface area contributed by atoms with Crippen LogP contribution < -0.4 is 31.6 Å². The number of quaternary nitrogens is 1. The fourth-order valence-electron chi connectivity index (χ4n) is 6.25. The first-order valence-corrected chi connectivity index (χ1v) is 17.0. The molecule has 4 amide bonds. The molecule has 6 N–H and O–H groups in total. The number of carbonyl (C=O) groups is 4. The maximum atomic E-state index is 14.5. The summed E-state index contributed by atoms with van der Waals surface area (Å²) in [5.41, 5.74) is 14.2. The van der Waals surface area contributed by atoms with Crippen LogP contribution in [0.3, 0.4) is 0 Å². The van der Waals surface area contributed by atoms with Crippen LogP contribution in [-0.4, -0.2) is 65.5 Å². The lowest BCUT2D eigenvalue weighted by molar-refractivity contribution is -0.772. The van der Waals surface area contributed by atoms with E-state index in [1.54, 1.807) is 24.4 Å². The minimum Gasteiger partial charge on any atom is -0.494 e. The number of hydrogen-bond donors (Lipinski definition) is 4. The van der Waals surface area contributed by atoms with E-state index in [-0.39, 0.29) is 29.7 Å². The lowest BCUT2D eigenvalue weighted by Crippen LogP contribution is -2.62. The number of rotatable bonds is 16. The van der Waals surface area contributed by atoms with Crippen molar-refractivity contribution in [1.82, 2.24) is 10.6 Å². The molecule has 252 valence electrons. The van der Waals surface area contributed by atoms with Crippen LogP contribution in [0.1, 0.15) is 36.3 Å². The number of nitrogens with zero attached hydrogens (tertiary/aromatic N) is 1. The number of thiophene rings is 1. The smallest absolute Gasteiger partial charge is 0.341 e. The van der Waals surface area contributed by atoms with Crippen molar-refractivity contribution < 1.29 is 33.1 Å². The van der Waals surface area contributed by atoms with Crippen molar-refractivity contribution in [2.45, 2.75) is 63.7 Å². The molecular weight excluding hydrogens is 630 g/mol. The Morgan fingerprint density at radius 3 is 2.04 bits per heavy atom. The molecule has 12 heteroatoms. The van der Waals surface area contributed by atoms with Gasteiger partial charge in [-0.15, -0.1) is 11.3 Å². The Morgan fingerprint density at radius 2 is 1.48 bits per heavy atom. The van der Waals surface area contributed by atoms with E-state index in [1.807, 2.05) is 73.8 Å². The highest BCUT2D eigenvalue weighted by molar-refractivity contribution is 7.09. The molecule has 0 radical (unpaired) electrons. The summed E-state index contributed by atoms with van der Waals surface area (Å²) in [6, 6.07) is 14.5. The van der Waals surface area contributed by atoms with Crippen molar-refractivity contribution in [3.63, 3.8) is 0 Å². The van der Waals surface area contributed by atoms with Gasteiger partial charge in [0.15, 0.2) is 6.04 Å². The van der Waals surface area contributed by atoms with Crippen molar-refractivity contribution in [2.24, 2.45) is 11.5 Å². The number of fused-ring (bicyclic) bond motifs is 1. The van der Waals surface area contributed by atoms with Crippen LogP contribution in [0.25, 0.3) is 0 Å². The lowest BCUT2D eigenvalue weighted by Gasteiger charge is -2.35. The Hall–Kier alpha value is -4.78. The molecule has 1 aromatic heterocycles. The number of primary amides is 1. The zero-order valence-electron chi connectivity index (χ0n) is 27.1. The third kappa shape index (κ3) is 7.67. The molecule has 1 fully saturated rings. The predicted octanol–water partition coefficient (Wildman–Crippen LogP) is 2.88. The number of carbonyl (C=O) groups excluding carboxylic acids is 4. The quantitative estimate of drug-likeness (QED) is 0.170. The van der Waals surface area contributed by atoms with Crippen molar-refractivity contribution >= 4 is 35.0 Å². The average molecular weight is 673 g/mol. The van der Waals surface area contributed by atoms with Gasteiger partial charge in [-0.1, -0.05) is 30.3 Å². The van der Waals surface area contributed by atoms with E-state index in [4.69, 9.17) is 20.9 Å². The maximum absolute atomic E-state index is 14.5. The second kappa shape index (κ2) is 15.4. The van der Waals surface area contributed by atoms with E-state index < -0.39 is 41.9 Å². The largest absolute Gasteiger partial charge is 0.494 e. The molecule has 0 saturated carbocycles. The fraction of sp³-hybridized carbons (Fsp3) is 0.333. The van der Waals surface area contributed by atoms with Crippen molar-refractivity contribution in [3.05, 3.63) is 106 Å². The predicted molar refractivity (Wildman–Crippen MR) is 183 cm³/mol. The summed E-state index contributed by atoms with van der Waals surface area (Å²) in [6.07, 6.45) is 6.12. The number of ether oxygens (including phenoxy) is 2. The van der Waals surface area contributed by atoms with Crippen LogP contribution in [-0.2, 0) is 38.4 Å². The molecule has 2 aromatic carbocycles. The maximum Gasteiger partial charge on any atom is 0.341 e. The van der Waals surface area contributed by atoms with Gasteiger partial charge in [0.05, 0.1) is 19.6 Å². The zero-order valence-corrected chi connectivity index (χ0v) is 27.9. The number of amides is 4. The summed E-state index contributed by atoms with van der Waals surface area (Å²) in [5, 5.41) is 7.60. The SMILES string of the molecule is CCOc1ccc(CC(NC(=O)C(Cc2ccc(OCC)cc2)[N+]23C=CC=C2CC(N)C3=O)C(=O)NC(Cc2cccs2)C(N)=O)cc1. The number of nitrogens with two attached hydrogens (primary N) is 2. The highest BCUT2D eigenvalue weighted by atomic mass is 32.1. The molecule has 2 aliphatic rings. The van der Waals surface area contributed by atoms with E-state index in [2.05, 4.69) is 10.6 Å². The molecule has 3 aromatic rings. The number of nitrogens with one attached hydrogen (secondary N) is 2. The molecule has 0 bridgehead atoms. The second-order valence-electron chi connectivity index (χ2n) is 11.8. The Morgan fingerprint density at radius 1 is 0.875 bits per heavy atom. The molecule has 5 atom stereocenters. The van der Waals surface area contributed by atoms with Gasteiger partial charge < -0.3 is 31.6 Å². The number of benzene rings is 2. The zero-order chi connectivity index (χ0) is 34.3. The van der Waals surface area contributed by atoms with Crippen LogP contribution in [0.2, 0.25) is 0 Å². The van der Waals surface area contributed by atoms with Gasteiger partial charge >= 0.3 is 5.91 Å². The molecule has 0 aliphatic carbocycles. The van der Waals surface area contributed by atoms with Crippen LogP contribution in [0, 0.1) is 0 Å². The van der Waals surface area contributed by atoms with Crippen molar-refractivity contribution in [3.8, 4) is 11.5 Å². The molecule has 2 aliphatic heterocycles. The molecule has 11 nitrogen and oxygen atoms in total. The second-order valence-corrected chi connectivity index (χ2v) is 12.8. The van der Waals surface area contributed by atoms with E-state index in [1.165, 1.54) is 11.3 Å². The number of allylic oxidation sites excluding steroid dienone is 2. The standard InChI is InChI=1S/C36H41N5O6S/c1-3-46-26-13-9-23(10-14-26)19-31(34(43)39-30(33(38)42)22-28-8-6-18-48-28)40-35(44)32(20-24-11-15-27(16-12-24)47-4-2)41-17-5-7-25(41)21-29(37)36(41)45/h5-18,29-32H,3-4,19-22,37H2,1-2H3,(H3-,38,39,40,42,43,44)/p+1. The summed E-state index contributed by atoms with van der Waals surface area (Å²) in [7, 11) is 0. The van der Waals surface area contributed by atoms with Gasteiger partial charge in [0.1, 0.15) is 41.5 Å². The van der Waals surface area contributed by atoms with Gasteiger partial charge in [-0.25, -0.2) is 4.79 Å². The third-order valence-corrected chi connectivity index (χ3v) is 9.50. The van der Waals surface area contributed by atoms with Gasteiger partial charge in [0.2, 0.25) is 11.8 Å². The highest BCUT2D eigenvalue weighted by Gasteiger charge is 2.58. The topological polar surface area (TPSA) is 163 Å². The van der Waals surface area contributed by atoms with Crippen LogP contribution in [0.5, 0.6) is 11.5 Å². The number of hydrogen-bond acceptors (Lipinski definition) is 8. The lowest BCUT2D eigenvalue weighted by atomic mass is 9.99. The first-order valence-electron chi connectivity index (χ1n) is 16.1. The molecule has 5 unspecified atom stereocenters. The molecule has 48 heavy (non-hydrogen) atoms. The van der Waals surface area contributed by atoms with E-state index >= 15 is 0 Å². The molecule has 3 heterocycles. The normalized spacial score (nSPS) is 19.9. The molecule has 5 rings (SSSR count). The van der Waals surface area contributed by atoms with Gasteiger partial charge in [-0.05, 0) is 66.8 Å². The highest BCUT2D eigenvalue weighted by Crippen LogP contribution is 2.40. The Labute approximate surface area is 284 Å². The Bertz CT molecular complexity index is 1670. The minimum absolute atomic E-state index is 0.107. The summed E-state index contributed by atoms with van der Waals surface area (Å²) in [5.74, 6) is -0.708. The summed E-state index contributed by atoms with van der Waals surface area (Å²) < 4.78 is 10.8. The van der Waals surface area contributed by atoms with E-state index in [0.29, 0.717) is 31.1 Å². The van der Waals surface area contributed by atoms with Gasteiger partial charge in [-0.3, -0.25) is 14.4 Å². The van der Waals surface area contributed by atoms with Gasteiger partial charge in [-0.2, -0.15) is 4.48 Å². The Balaban J connectivity index is 1.46. The van der Waals surface area contributed by atoms with Crippen LogP contribution >= 0.6 is 11.3 Å². The first-order chi connectivity index (χ1) is 23.1. The summed E-state index contributed by atoms with van der Waals surface area (Å²) in [6.45, 7) is 4.80. The van der Waals surface area contributed by atoms with Gasteiger partial charge in [0.25, 0.3) is 5.91 Å². The average Bonchev–Trinajstić information content (AvgIpc) is 3.79. The van der Waals surface area contributed by atoms with Crippen molar-refractivity contribution in [1.29, 1.82) is 0 Å². The van der Waals surface area contributed by atoms with Crippen molar-refractivity contribution in [2.75, 3.05) is 13.2 Å². The summed E-state index contributed by atoms with van der Waals surface area (Å²) in [4.78, 5) is 55.6. The minimum atomic E-state index is -1.10. The molecule has 0 spiro atoms. The fourth-order valence-corrected chi connectivity index (χ4v) is 7.00. The monoisotopic (exact) mass is 672 g/mol. The van der Waals surface area contributed by atoms with Crippen LogP contribution in [0.15, 0.2) is 90.1 Å². The molecule has 1 saturated heterocycles. The third-order valence-electron chi connectivity index (χ3n) is 8.61. The van der Waals surface area contributed by atoms with Crippen LogP contribution in [0.4, 0.5) is 0 Å². The summed E-state index contributed by atoms with van der Waals surface area (Å²) >= 11 is 1.45. The first kappa shape index (κ1) is 34.6. The van der Waals surface area contributed by atoms with E-state index in [0.717, 1.165) is 21.7 Å². The van der Waals surface area contributed by atoms with Gasteiger partial charge in [0, 0.05) is 30.2 Å². The Kier molecular flexibility index (Phi) is 11.1. The molecular formula is C36H42N5O6S+.